The Balaban J connectivity index is 1.70. The third-order valence-corrected chi connectivity index (χ3v) is 5.02. The Kier molecular flexibility index (Phi) is 5.86. The minimum absolute atomic E-state index is 0.465. The zero-order valence-corrected chi connectivity index (χ0v) is 14.9. The van der Waals surface area contributed by atoms with Crippen molar-refractivity contribution in [3.63, 3.8) is 0 Å². The highest BCUT2D eigenvalue weighted by Gasteiger charge is 2.24. The Morgan fingerprint density at radius 2 is 2.00 bits per heavy atom. The molecule has 0 radical (unpaired) electrons. The van der Waals surface area contributed by atoms with Crippen LogP contribution in [0.3, 0.4) is 0 Å². The molecule has 1 aliphatic rings. The molecule has 1 saturated heterocycles. The summed E-state index contributed by atoms with van der Waals surface area (Å²) in [4.78, 5) is 7.25. The van der Waals surface area contributed by atoms with Gasteiger partial charge in [0.1, 0.15) is 5.82 Å². The fourth-order valence-corrected chi connectivity index (χ4v) is 3.42. The molecule has 0 bridgehead atoms. The molecule has 3 rings (SSSR count). The predicted octanol–water partition coefficient (Wildman–Crippen LogP) is 5.02. The van der Waals surface area contributed by atoms with Crippen LogP contribution in [0.1, 0.15) is 56.7 Å². The van der Waals surface area contributed by atoms with Crippen molar-refractivity contribution < 1.29 is 0 Å². The van der Waals surface area contributed by atoms with Gasteiger partial charge < -0.3 is 5.32 Å². The summed E-state index contributed by atoms with van der Waals surface area (Å²) in [5, 5.41) is 3.45. The second-order valence-corrected chi connectivity index (χ2v) is 6.90. The third-order valence-electron chi connectivity index (χ3n) is 5.02. The van der Waals surface area contributed by atoms with Crippen molar-refractivity contribution in [1.29, 1.82) is 0 Å². The maximum Gasteiger partial charge on any atom is 0.126 e. The highest BCUT2D eigenvalue weighted by Crippen LogP contribution is 2.32. The standard InChI is InChI=1S/C21H29N3/c1-3-17(2)23-21-13-12-19(15-22-21)20-11-7-8-14-24(20)16-18-9-5-4-6-10-18/h4-6,9-10,12-13,15,17,20H,3,7-8,11,14,16H2,1-2H3,(H,22,23). The molecule has 1 fully saturated rings. The highest BCUT2D eigenvalue weighted by atomic mass is 15.2. The lowest BCUT2D eigenvalue weighted by Crippen LogP contribution is -2.33. The van der Waals surface area contributed by atoms with E-state index >= 15 is 0 Å². The molecule has 3 nitrogen and oxygen atoms in total. The van der Waals surface area contributed by atoms with Crippen LogP contribution in [-0.4, -0.2) is 22.5 Å². The summed E-state index contributed by atoms with van der Waals surface area (Å²) in [6.45, 7) is 6.58. The average Bonchev–Trinajstić information content (AvgIpc) is 2.64. The van der Waals surface area contributed by atoms with Gasteiger partial charge in [-0.25, -0.2) is 4.98 Å². The van der Waals surface area contributed by atoms with E-state index in [9.17, 15) is 0 Å². The highest BCUT2D eigenvalue weighted by molar-refractivity contribution is 5.37. The zero-order valence-electron chi connectivity index (χ0n) is 14.9. The SMILES string of the molecule is CCC(C)Nc1ccc(C2CCCCN2Cc2ccccc2)cn1. The first kappa shape index (κ1) is 17.0. The molecule has 1 aliphatic heterocycles. The first-order valence-corrected chi connectivity index (χ1v) is 9.26. The lowest BCUT2D eigenvalue weighted by atomic mass is 9.95. The molecular formula is C21H29N3. The van der Waals surface area contributed by atoms with Crippen LogP contribution >= 0.6 is 0 Å². The first-order valence-electron chi connectivity index (χ1n) is 9.26. The Hall–Kier alpha value is -1.87. The van der Waals surface area contributed by atoms with E-state index in [1.807, 2.05) is 0 Å². The fourth-order valence-electron chi connectivity index (χ4n) is 3.42. The average molecular weight is 323 g/mol. The second-order valence-electron chi connectivity index (χ2n) is 6.90. The van der Waals surface area contributed by atoms with Crippen LogP contribution in [0, 0.1) is 0 Å². The van der Waals surface area contributed by atoms with Gasteiger partial charge in [0.15, 0.2) is 0 Å². The van der Waals surface area contributed by atoms with E-state index in [1.54, 1.807) is 0 Å². The molecule has 2 heterocycles. The number of pyridine rings is 1. The van der Waals surface area contributed by atoms with E-state index in [0.717, 1.165) is 18.8 Å². The normalized spacial score (nSPS) is 19.8. The number of nitrogens with zero attached hydrogens (tertiary/aromatic N) is 2. The molecule has 0 aliphatic carbocycles. The number of piperidine rings is 1. The van der Waals surface area contributed by atoms with Gasteiger partial charge in [0, 0.05) is 24.8 Å². The maximum atomic E-state index is 4.65. The van der Waals surface area contributed by atoms with Crippen LogP contribution in [0.4, 0.5) is 5.82 Å². The molecule has 3 heteroatoms. The number of likely N-dealkylation sites (tertiary alicyclic amines) is 1. The molecule has 128 valence electrons. The van der Waals surface area contributed by atoms with E-state index in [1.165, 1.54) is 36.9 Å². The number of hydrogen-bond donors (Lipinski definition) is 1. The van der Waals surface area contributed by atoms with Gasteiger partial charge in [-0.15, -0.1) is 0 Å². The van der Waals surface area contributed by atoms with E-state index in [0.29, 0.717) is 12.1 Å². The fraction of sp³-hybridized carbons (Fsp3) is 0.476. The molecule has 1 aromatic carbocycles. The Morgan fingerprint density at radius 1 is 1.17 bits per heavy atom. The topological polar surface area (TPSA) is 28.2 Å². The molecule has 0 saturated carbocycles. The van der Waals surface area contributed by atoms with Gasteiger partial charge in [-0.05, 0) is 49.9 Å². The van der Waals surface area contributed by atoms with E-state index in [-0.39, 0.29) is 0 Å². The van der Waals surface area contributed by atoms with Crippen molar-refractivity contribution in [2.75, 3.05) is 11.9 Å². The lowest BCUT2D eigenvalue weighted by Gasteiger charge is -2.36. The van der Waals surface area contributed by atoms with Gasteiger partial charge in [0.05, 0.1) is 0 Å². The number of aromatic nitrogens is 1. The van der Waals surface area contributed by atoms with Gasteiger partial charge in [0.2, 0.25) is 0 Å². The van der Waals surface area contributed by atoms with Crippen LogP contribution in [0.25, 0.3) is 0 Å². The summed E-state index contributed by atoms with van der Waals surface area (Å²) in [5.41, 5.74) is 2.74. The van der Waals surface area contributed by atoms with Crippen LogP contribution in [0.5, 0.6) is 0 Å². The van der Waals surface area contributed by atoms with Gasteiger partial charge in [-0.3, -0.25) is 4.90 Å². The smallest absolute Gasteiger partial charge is 0.126 e. The number of nitrogens with one attached hydrogen (secondary N) is 1. The third kappa shape index (κ3) is 4.35. The minimum Gasteiger partial charge on any atom is -0.368 e. The van der Waals surface area contributed by atoms with Gasteiger partial charge in [-0.1, -0.05) is 49.7 Å². The zero-order chi connectivity index (χ0) is 16.8. The van der Waals surface area contributed by atoms with Crippen molar-refractivity contribution in [3.05, 3.63) is 59.8 Å². The number of benzene rings is 1. The number of anilines is 1. The van der Waals surface area contributed by atoms with Crippen LogP contribution in [0.2, 0.25) is 0 Å². The first-order chi connectivity index (χ1) is 11.8. The summed E-state index contributed by atoms with van der Waals surface area (Å²) in [6, 6.07) is 16.1. The molecule has 1 N–H and O–H groups in total. The Labute approximate surface area is 146 Å². The Bertz CT molecular complexity index is 609. The summed E-state index contributed by atoms with van der Waals surface area (Å²) >= 11 is 0. The Morgan fingerprint density at radius 3 is 2.71 bits per heavy atom. The van der Waals surface area contributed by atoms with Crippen molar-refractivity contribution in [2.24, 2.45) is 0 Å². The number of rotatable bonds is 6. The van der Waals surface area contributed by atoms with E-state index < -0.39 is 0 Å². The van der Waals surface area contributed by atoms with Gasteiger partial charge in [-0.2, -0.15) is 0 Å². The molecule has 2 unspecified atom stereocenters. The summed E-state index contributed by atoms with van der Waals surface area (Å²) in [5.74, 6) is 0.985. The second kappa shape index (κ2) is 8.29. The molecular weight excluding hydrogens is 294 g/mol. The van der Waals surface area contributed by atoms with Crippen molar-refractivity contribution >= 4 is 5.82 Å². The van der Waals surface area contributed by atoms with Crippen molar-refractivity contribution in [2.45, 2.75) is 58.2 Å². The lowest BCUT2D eigenvalue weighted by molar-refractivity contribution is 0.140. The molecule has 2 atom stereocenters. The number of hydrogen-bond acceptors (Lipinski definition) is 3. The largest absolute Gasteiger partial charge is 0.368 e. The molecule has 2 aromatic rings. The van der Waals surface area contributed by atoms with Crippen LogP contribution in [0.15, 0.2) is 48.7 Å². The predicted molar refractivity (Wildman–Crippen MR) is 101 cm³/mol. The van der Waals surface area contributed by atoms with Crippen molar-refractivity contribution in [3.8, 4) is 0 Å². The quantitative estimate of drug-likeness (QED) is 0.809. The van der Waals surface area contributed by atoms with Gasteiger partial charge >= 0.3 is 0 Å². The van der Waals surface area contributed by atoms with Crippen molar-refractivity contribution in [1.82, 2.24) is 9.88 Å². The summed E-state index contributed by atoms with van der Waals surface area (Å²) in [6.07, 6.45) is 7.01. The van der Waals surface area contributed by atoms with Crippen LogP contribution in [-0.2, 0) is 6.54 Å². The molecule has 0 spiro atoms. The molecule has 0 amide bonds. The monoisotopic (exact) mass is 323 g/mol. The summed E-state index contributed by atoms with van der Waals surface area (Å²) < 4.78 is 0. The van der Waals surface area contributed by atoms with Gasteiger partial charge in [0.25, 0.3) is 0 Å². The molecule has 1 aromatic heterocycles. The minimum atomic E-state index is 0.465. The summed E-state index contributed by atoms with van der Waals surface area (Å²) in [7, 11) is 0. The maximum absolute atomic E-state index is 4.65. The van der Waals surface area contributed by atoms with Crippen LogP contribution < -0.4 is 5.32 Å². The van der Waals surface area contributed by atoms with E-state index in [2.05, 4.69) is 77.7 Å². The molecule has 24 heavy (non-hydrogen) atoms. The van der Waals surface area contributed by atoms with E-state index in [4.69, 9.17) is 0 Å².